The molecule has 0 saturated heterocycles. The molecule has 1 fully saturated rings. The molecule has 0 aliphatic heterocycles. The predicted octanol–water partition coefficient (Wildman–Crippen LogP) is 3.13. The standard InChI is InChI=1S/C15H19N3O2/c1-9-3-5-12(7-10(9)2)18-14-6-4-11(15(19)20)8-13(14)16-17-18/h4,6,8-10,12H,3,5,7H2,1-2H3,(H,19,20). The Morgan fingerprint density at radius 1 is 1.30 bits per heavy atom. The molecule has 0 amide bonds. The van der Waals surface area contributed by atoms with Crippen LogP contribution in [0.1, 0.15) is 49.5 Å². The van der Waals surface area contributed by atoms with Crippen molar-refractivity contribution in [1.29, 1.82) is 0 Å². The topological polar surface area (TPSA) is 68.0 Å². The maximum atomic E-state index is 11.0. The summed E-state index contributed by atoms with van der Waals surface area (Å²) in [6.45, 7) is 4.60. The summed E-state index contributed by atoms with van der Waals surface area (Å²) in [5.41, 5.74) is 1.85. The summed E-state index contributed by atoms with van der Waals surface area (Å²) in [6.07, 6.45) is 3.44. The number of aromatic carboxylic acids is 1. The average Bonchev–Trinajstić information content (AvgIpc) is 2.84. The summed E-state index contributed by atoms with van der Waals surface area (Å²) in [7, 11) is 0. The lowest BCUT2D eigenvalue weighted by Gasteiger charge is -2.32. The van der Waals surface area contributed by atoms with Gasteiger partial charge in [0.15, 0.2) is 0 Å². The molecule has 1 heterocycles. The number of carboxylic acids is 1. The van der Waals surface area contributed by atoms with Gasteiger partial charge in [-0.25, -0.2) is 9.48 Å². The molecule has 20 heavy (non-hydrogen) atoms. The summed E-state index contributed by atoms with van der Waals surface area (Å²) in [4.78, 5) is 11.0. The zero-order valence-electron chi connectivity index (χ0n) is 11.8. The van der Waals surface area contributed by atoms with E-state index in [1.165, 1.54) is 6.42 Å². The van der Waals surface area contributed by atoms with Gasteiger partial charge in [0.05, 0.1) is 17.1 Å². The smallest absolute Gasteiger partial charge is 0.335 e. The molecule has 3 rings (SSSR count). The first-order valence-corrected chi connectivity index (χ1v) is 7.14. The Morgan fingerprint density at radius 2 is 2.10 bits per heavy atom. The van der Waals surface area contributed by atoms with Crippen LogP contribution in [0.3, 0.4) is 0 Å². The molecule has 1 aromatic heterocycles. The molecule has 2 aromatic rings. The fourth-order valence-electron chi connectivity index (χ4n) is 3.09. The maximum absolute atomic E-state index is 11.0. The van der Waals surface area contributed by atoms with Crippen LogP contribution in [0.15, 0.2) is 18.2 Å². The molecule has 3 atom stereocenters. The van der Waals surface area contributed by atoms with E-state index >= 15 is 0 Å². The third-order valence-electron chi connectivity index (χ3n) is 4.63. The van der Waals surface area contributed by atoms with Gasteiger partial charge < -0.3 is 5.11 Å². The first-order valence-electron chi connectivity index (χ1n) is 7.14. The molecule has 0 spiro atoms. The van der Waals surface area contributed by atoms with Gasteiger partial charge in [0, 0.05) is 0 Å². The first kappa shape index (κ1) is 13.1. The normalized spacial score (nSPS) is 26.8. The quantitative estimate of drug-likeness (QED) is 0.912. The van der Waals surface area contributed by atoms with Crippen molar-refractivity contribution in [3.63, 3.8) is 0 Å². The lowest BCUT2D eigenvalue weighted by Crippen LogP contribution is -2.24. The SMILES string of the molecule is CC1CCC(n2nnc3cc(C(=O)O)ccc32)CC1C. The number of benzene rings is 1. The second-order valence-corrected chi connectivity index (χ2v) is 5.96. The average molecular weight is 273 g/mol. The zero-order valence-corrected chi connectivity index (χ0v) is 11.8. The van der Waals surface area contributed by atoms with Crippen LogP contribution in [0.2, 0.25) is 0 Å². The summed E-state index contributed by atoms with van der Waals surface area (Å²) in [5.74, 6) is 0.521. The largest absolute Gasteiger partial charge is 0.478 e. The van der Waals surface area contributed by atoms with E-state index in [-0.39, 0.29) is 5.56 Å². The summed E-state index contributed by atoms with van der Waals surface area (Å²) in [5, 5.41) is 17.4. The molecule has 1 aliphatic carbocycles. The molecule has 1 N–H and O–H groups in total. The Bertz CT molecular complexity index is 650. The molecule has 3 unspecified atom stereocenters. The number of rotatable bonds is 2. The highest BCUT2D eigenvalue weighted by Crippen LogP contribution is 2.36. The minimum Gasteiger partial charge on any atom is -0.478 e. The van der Waals surface area contributed by atoms with Gasteiger partial charge in [0.1, 0.15) is 5.52 Å². The number of carbonyl (C=O) groups is 1. The summed E-state index contributed by atoms with van der Waals surface area (Å²) < 4.78 is 1.98. The molecule has 1 saturated carbocycles. The van der Waals surface area contributed by atoms with Crippen molar-refractivity contribution in [3.8, 4) is 0 Å². The van der Waals surface area contributed by atoms with E-state index in [1.807, 2.05) is 10.7 Å². The highest BCUT2D eigenvalue weighted by atomic mass is 16.4. The van der Waals surface area contributed by atoms with E-state index in [0.29, 0.717) is 17.5 Å². The van der Waals surface area contributed by atoms with Gasteiger partial charge >= 0.3 is 5.97 Å². The van der Waals surface area contributed by atoms with Crippen LogP contribution in [-0.2, 0) is 0 Å². The van der Waals surface area contributed by atoms with E-state index in [1.54, 1.807) is 12.1 Å². The Kier molecular flexibility index (Phi) is 3.20. The van der Waals surface area contributed by atoms with E-state index < -0.39 is 5.97 Å². The van der Waals surface area contributed by atoms with Gasteiger partial charge in [-0.2, -0.15) is 0 Å². The van der Waals surface area contributed by atoms with Crippen LogP contribution in [0, 0.1) is 11.8 Å². The molecule has 5 nitrogen and oxygen atoms in total. The van der Waals surface area contributed by atoms with Gasteiger partial charge in [-0.05, 0) is 49.3 Å². The van der Waals surface area contributed by atoms with Gasteiger partial charge in [-0.1, -0.05) is 19.1 Å². The lowest BCUT2D eigenvalue weighted by atomic mass is 9.79. The number of aromatic nitrogens is 3. The molecule has 106 valence electrons. The minimum atomic E-state index is -0.929. The summed E-state index contributed by atoms with van der Waals surface area (Å²) in [6, 6.07) is 5.42. The molecule has 5 heteroatoms. The number of nitrogens with zero attached hydrogens (tertiary/aromatic N) is 3. The van der Waals surface area contributed by atoms with Crippen molar-refractivity contribution >= 4 is 17.0 Å². The van der Waals surface area contributed by atoms with Crippen LogP contribution in [0.4, 0.5) is 0 Å². The highest BCUT2D eigenvalue weighted by molar-refractivity contribution is 5.92. The van der Waals surface area contributed by atoms with Crippen molar-refractivity contribution in [2.45, 2.75) is 39.2 Å². The number of hydrogen-bond donors (Lipinski definition) is 1. The Labute approximate surface area is 117 Å². The molecule has 1 aromatic carbocycles. The van der Waals surface area contributed by atoms with E-state index in [0.717, 1.165) is 24.3 Å². The fourth-order valence-corrected chi connectivity index (χ4v) is 3.09. The Hall–Kier alpha value is -1.91. The van der Waals surface area contributed by atoms with Crippen molar-refractivity contribution in [2.24, 2.45) is 11.8 Å². The fraction of sp³-hybridized carbons (Fsp3) is 0.533. The monoisotopic (exact) mass is 273 g/mol. The van der Waals surface area contributed by atoms with Gasteiger partial charge in [0.2, 0.25) is 0 Å². The Balaban J connectivity index is 1.95. The second-order valence-electron chi connectivity index (χ2n) is 5.96. The van der Waals surface area contributed by atoms with Gasteiger partial charge in [0.25, 0.3) is 0 Å². The molecular formula is C15H19N3O2. The number of hydrogen-bond acceptors (Lipinski definition) is 3. The lowest BCUT2D eigenvalue weighted by molar-refractivity contribution is 0.0697. The third kappa shape index (κ3) is 2.17. The first-order chi connectivity index (χ1) is 9.56. The van der Waals surface area contributed by atoms with Crippen LogP contribution in [-0.4, -0.2) is 26.1 Å². The van der Waals surface area contributed by atoms with Crippen LogP contribution < -0.4 is 0 Å². The minimum absolute atomic E-state index is 0.259. The zero-order chi connectivity index (χ0) is 14.3. The van der Waals surface area contributed by atoms with Crippen molar-refractivity contribution < 1.29 is 9.90 Å². The maximum Gasteiger partial charge on any atom is 0.335 e. The van der Waals surface area contributed by atoms with E-state index in [9.17, 15) is 4.79 Å². The second kappa shape index (κ2) is 4.89. The number of carboxylic acid groups (broad SMARTS) is 1. The molecule has 0 radical (unpaired) electrons. The molecule has 0 bridgehead atoms. The van der Waals surface area contributed by atoms with Crippen LogP contribution in [0.25, 0.3) is 11.0 Å². The van der Waals surface area contributed by atoms with Crippen LogP contribution in [0.5, 0.6) is 0 Å². The van der Waals surface area contributed by atoms with Gasteiger partial charge in [-0.15, -0.1) is 5.10 Å². The summed E-state index contributed by atoms with van der Waals surface area (Å²) >= 11 is 0. The highest BCUT2D eigenvalue weighted by Gasteiger charge is 2.27. The van der Waals surface area contributed by atoms with E-state index in [4.69, 9.17) is 5.11 Å². The van der Waals surface area contributed by atoms with Crippen molar-refractivity contribution in [2.75, 3.05) is 0 Å². The van der Waals surface area contributed by atoms with Gasteiger partial charge in [-0.3, -0.25) is 0 Å². The molecule has 1 aliphatic rings. The predicted molar refractivity (Wildman–Crippen MR) is 75.7 cm³/mol. The van der Waals surface area contributed by atoms with E-state index in [2.05, 4.69) is 24.2 Å². The van der Waals surface area contributed by atoms with Crippen LogP contribution >= 0.6 is 0 Å². The molecular weight excluding hydrogens is 254 g/mol. The Morgan fingerprint density at radius 3 is 2.80 bits per heavy atom. The third-order valence-corrected chi connectivity index (χ3v) is 4.63. The van der Waals surface area contributed by atoms with Crippen molar-refractivity contribution in [1.82, 2.24) is 15.0 Å². The number of fused-ring (bicyclic) bond motifs is 1. The van der Waals surface area contributed by atoms with Crippen molar-refractivity contribution in [3.05, 3.63) is 23.8 Å².